The van der Waals surface area contributed by atoms with Crippen LogP contribution >= 0.6 is 15.9 Å². The fraction of sp³-hybridized carbons (Fsp3) is 0.500. The van der Waals surface area contributed by atoms with E-state index in [1.54, 1.807) is 0 Å². The molecule has 1 aromatic carbocycles. The number of hydrogen-bond acceptors (Lipinski definition) is 1. The van der Waals surface area contributed by atoms with Gasteiger partial charge in [-0.2, -0.15) is 0 Å². The molecule has 1 aromatic rings. The smallest absolute Gasteiger partial charge is 0.407 e. The van der Waals surface area contributed by atoms with Gasteiger partial charge in [-0.1, -0.05) is 28.1 Å². The molecular formula is C14H20BrNO2. The summed E-state index contributed by atoms with van der Waals surface area (Å²) in [6, 6.07) is 8.14. The zero-order valence-corrected chi connectivity index (χ0v) is 12.7. The number of benzene rings is 1. The maximum atomic E-state index is 11.2. The van der Waals surface area contributed by atoms with Gasteiger partial charge in [-0.3, -0.25) is 0 Å². The number of nitrogens with zero attached hydrogens (tertiary/aromatic N) is 1. The van der Waals surface area contributed by atoms with Gasteiger partial charge in [-0.15, -0.1) is 0 Å². The van der Waals surface area contributed by atoms with Gasteiger partial charge in [0.1, 0.15) is 0 Å². The van der Waals surface area contributed by atoms with Gasteiger partial charge in [0, 0.05) is 16.6 Å². The molecule has 1 amide bonds. The molecule has 4 heteroatoms. The van der Waals surface area contributed by atoms with Gasteiger partial charge in [0.15, 0.2) is 0 Å². The standard InChI is InChI=1S/C14H20BrNO2/c1-14(2,3)16(13(17)18)10-4-5-11-6-8-12(15)9-7-11/h6-9H,4-5,10H2,1-3H3,(H,17,18). The Kier molecular flexibility index (Phi) is 5.20. The van der Waals surface area contributed by atoms with E-state index in [4.69, 9.17) is 5.11 Å². The van der Waals surface area contributed by atoms with Crippen LogP contribution in [0.15, 0.2) is 28.7 Å². The van der Waals surface area contributed by atoms with Crippen LogP contribution in [0.3, 0.4) is 0 Å². The molecule has 0 heterocycles. The van der Waals surface area contributed by atoms with Gasteiger partial charge in [-0.05, 0) is 51.3 Å². The maximum Gasteiger partial charge on any atom is 0.407 e. The van der Waals surface area contributed by atoms with Crippen LogP contribution in [0.1, 0.15) is 32.8 Å². The third-order valence-corrected chi connectivity index (χ3v) is 3.33. The first-order valence-electron chi connectivity index (χ1n) is 6.06. The minimum Gasteiger partial charge on any atom is -0.465 e. The first-order chi connectivity index (χ1) is 8.30. The molecule has 0 saturated carbocycles. The van der Waals surface area contributed by atoms with Crippen LogP contribution in [0, 0.1) is 0 Å². The Bertz CT molecular complexity index is 395. The number of amides is 1. The normalized spacial score (nSPS) is 11.3. The lowest BCUT2D eigenvalue weighted by Gasteiger charge is -2.33. The number of carboxylic acid groups (broad SMARTS) is 1. The number of rotatable bonds is 4. The van der Waals surface area contributed by atoms with E-state index in [9.17, 15) is 4.79 Å². The van der Waals surface area contributed by atoms with Crippen molar-refractivity contribution in [3.05, 3.63) is 34.3 Å². The summed E-state index contributed by atoms with van der Waals surface area (Å²) in [5.41, 5.74) is 0.892. The highest BCUT2D eigenvalue weighted by Gasteiger charge is 2.25. The molecule has 0 atom stereocenters. The average Bonchev–Trinajstić information content (AvgIpc) is 2.24. The zero-order valence-electron chi connectivity index (χ0n) is 11.1. The van der Waals surface area contributed by atoms with Crippen LogP contribution < -0.4 is 0 Å². The topological polar surface area (TPSA) is 40.5 Å². The molecule has 0 bridgehead atoms. The number of aryl methyl sites for hydroxylation is 1. The summed E-state index contributed by atoms with van der Waals surface area (Å²) < 4.78 is 1.06. The molecule has 100 valence electrons. The van der Waals surface area contributed by atoms with Crippen LogP contribution in [0.5, 0.6) is 0 Å². The Morgan fingerprint density at radius 3 is 2.28 bits per heavy atom. The molecule has 1 rings (SSSR count). The summed E-state index contributed by atoms with van der Waals surface area (Å²) in [6.45, 7) is 6.32. The van der Waals surface area contributed by atoms with Gasteiger partial charge in [-0.25, -0.2) is 4.79 Å². The predicted octanol–water partition coefficient (Wildman–Crippen LogP) is 4.16. The molecule has 0 aromatic heterocycles. The molecule has 0 aliphatic rings. The van der Waals surface area contributed by atoms with E-state index in [0.29, 0.717) is 6.54 Å². The van der Waals surface area contributed by atoms with Crippen molar-refractivity contribution in [1.82, 2.24) is 4.90 Å². The van der Waals surface area contributed by atoms with Gasteiger partial charge in [0.05, 0.1) is 0 Å². The highest BCUT2D eigenvalue weighted by Crippen LogP contribution is 2.16. The summed E-state index contributed by atoms with van der Waals surface area (Å²) >= 11 is 3.40. The second-order valence-electron chi connectivity index (χ2n) is 5.34. The van der Waals surface area contributed by atoms with Crippen LogP contribution in [0.25, 0.3) is 0 Å². The number of carbonyl (C=O) groups is 1. The first kappa shape index (κ1) is 15.0. The summed E-state index contributed by atoms with van der Waals surface area (Å²) in [6.07, 6.45) is 0.886. The Morgan fingerprint density at radius 2 is 1.83 bits per heavy atom. The molecule has 0 radical (unpaired) electrons. The largest absolute Gasteiger partial charge is 0.465 e. The predicted molar refractivity (Wildman–Crippen MR) is 76.9 cm³/mol. The molecular weight excluding hydrogens is 294 g/mol. The molecule has 18 heavy (non-hydrogen) atoms. The minimum atomic E-state index is -0.849. The van der Waals surface area contributed by atoms with Gasteiger partial charge in [0.2, 0.25) is 0 Å². The molecule has 0 saturated heterocycles. The SMILES string of the molecule is CC(C)(C)N(CCCc1ccc(Br)cc1)C(=O)O. The lowest BCUT2D eigenvalue weighted by molar-refractivity contribution is 0.0996. The summed E-state index contributed by atoms with van der Waals surface area (Å²) in [4.78, 5) is 12.6. The number of hydrogen-bond donors (Lipinski definition) is 1. The van der Waals surface area contributed by atoms with Crippen molar-refractivity contribution in [2.45, 2.75) is 39.2 Å². The van der Waals surface area contributed by atoms with Crippen LogP contribution in [-0.2, 0) is 6.42 Å². The van der Waals surface area contributed by atoms with E-state index >= 15 is 0 Å². The molecule has 0 aliphatic carbocycles. The molecule has 0 spiro atoms. The van der Waals surface area contributed by atoms with Crippen molar-refractivity contribution < 1.29 is 9.90 Å². The van der Waals surface area contributed by atoms with E-state index in [1.165, 1.54) is 10.5 Å². The monoisotopic (exact) mass is 313 g/mol. The average molecular weight is 314 g/mol. The van der Waals surface area contributed by atoms with Crippen molar-refractivity contribution >= 4 is 22.0 Å². The van der Waals surface area contributed by atoms with Gasteiger partial charge < -0.3 is 10.0 Å². The Balaban J connectivity index is 2.49. The van der Waals surface area contributed by atoms with E-state index in [1.807, 2.05) is 32.9 Å². The first-order valence-corrected chi connectivity index (χ1v) is 6.85. The zero-order chi connectivity index (χ0) is 13.8. The molecule has 1 N–H and O–H groups in total. The van der Waals surface area contributed by atoms with Crippen molar-refractivity contribution in [3.8, 4) is 0 Å². The summed E-state index contributed by atoms with van der Waals surface area (Å²) in [5.74, 6) is 0. The van der Waals surface area contributed by atoms with Crippen LogP contribution in [-0.4, -0.2) is 28.2 Å². The maximum absolute atomic E-state index is 11.2. The van der Waals surface area contributed by atoms with Crippen molar-refractivity contribution in [3.63, 3.8) is 0 Å². The van der Waals surface area contributed by atoms with Crippen LogP contribution in [0.2, 0.25) is 0 Å². The number of halogens is 1. The van der Waals surface area contributed by atoms with E-state index < -0.39 is 6.09 Å². The fourth-order valence-corrected chi connectivity index (χ4v) is 2.07. The van der Waals surface area contributed by atoms with Crippen LogP contribution in [0.4, 0.5) is 4.79 Å². The highest BCUT2D eigenvalue weighted by atomic mass is 79.9. The van der Waals surface area contributed by atoms with E-state index in [0.717, 1.165) is 17.3 Å². The van der Waals surface area contributed by atoms with Crippen molar-refractivity contribution in [2.75, 3.05) is 6.54 Å². The molecule has 3 nitrogen and oxygen atoms in total. The molecule has 0 fully saturated rings. The second kappa shape index (κ2) is 6.23. The van der Waals surface area contributed by atoms with Gasteiger partial charge >= 0.3 is 6.09 Å². The fourth-order valence-electron chi connectivity index (χ4n) is 1.81. The van der Waals surface area contributed by atoms with Gasteiger partial charge in [0.25, 0.3) is 0 Å². The van der Waals surface area contributed by atoms with E-state index in [-0.39, 0.29) is 5.54 Å². The molecule has 0 unspecified atom stereocenters. The van der Waals surface area contributed by atoms with Crippen molar-refractivity contribution in [2.24, 2.45) is 0 Å². The third-order valence-electron chi connectivity index (χ3n) is 2.80. The Hall–Kier alpha value is -1.03. The lowest BCUT2D eigenvalue weighted by Crippen LogP contribution is -2.45. The summed E-state index contributed by atoms with van der Waals surface area (Å²) in [7, 11) is 0. The Morgan fingerprint density at radius 1 is 1.28 bits per heavy atom. The quantitative estimate of drug-likeness (QED) is 0.906. The summed E-state index contributed by atoms with van der Waals surface area (Å²) in [5, 5.41) is 9.16. The Labute approximate surface area is 117 Å². The van der Waals surface area contributed by atoms with Crippen molar-refractivity contribution in [1.29, 1.82) is 0 Å². The van der Waals surface area contributed by atoms with E-state index in [2.05, 4.69) is 28.1 Å². The highest BCUT2D eigenvalue weighted by molar-refractivity contribution is 9.10. The lowest BCUT2D eigenvalue weighted by atomic mass is 10.0. The third kappa shape index (κ3) is 4.69. The second-order valence-corrected chi connectivity index (χ2v) is 6.25. The minimum absolute atomic E-state index is 0.342. The molecule has 0 aliphatic heterocycles.